The second kappa shape index (κ2) is 7.77. The number of carbonyl (C=O) groups is 1. The molecule has 1 rings (SSSR count). The number of hydrogen-bond donors (Lipinski definition) is 1. The SMILES string of the molecule is CCCc1cc(C(CC)CCC)c(S(C)(=O)=O)cc1C(=O)O. The molecule has 4 nitrogen and oxygen atoms in total. The highest BCUT2D eigenvalue weighted by atomic mass is 32.2. The van der Waals surface area contributed by atoms with Crippen LogP contribution in [0.25, 0.3) is 0 Å². The molecule has 1 atom stereocenters. The van der Waals surface area contributed by atoms with Crippen molar-refractivity contribution in [1.29, 1.82) is 0 Å². The Labute approximate surface area is 133 Å². The van der Waals surface area contributed by atoms with E-state index in [9.17, 15) is 18.3 Å². The molecule has 124 valence electrons. The summed E-state index contributed by atoms with van der Waals surface area (Å²) in [7, 11) is -3.46. The summed E-state index contributed by atoms with van der Waals surface area (Å²) >= 11 is 0. The highest BCUT2D eigenvalue weighted by Gasteiger charge is 2.23. The number of carboxylic acid groups (broad SMARTS) is 1. The Kier molecular flexibility index (Phi) is 6.60. The number of aryl methyl sites for hydroxylation is 1. The fourth-order valence-corrected chi connectivity index (χ4v) is 3.87. The van der Waals surface area contributed by atoms with Crippen molar-refractivity contribution in [2.75, 3.05) is 6.26 Å². The van der Waals surface area contributed by atoms with E-state index in [2.05, 4.69) is 6.92 Å². The van der Waals surface area contributed by atoms with Gasteiger partial charge in [0, 0.05) is 6.26 Å². The third kappa shape index (κ3) is 4.32. The van der Waals surface area contributed by atoms with Crippen LogP contribution in [0, 0.1) is 0 Å². The normalized spacial score (nSPS) is 13.1. The minimum absolute atomic E-state index is 0.109. The molecule has 0 saturated carbocycles. The molecule has 0 saturated heterocycles. The summed E-state index contributed by atoms with van der Waals surface area (Å²) in [4.78, 5) is 11.6. The molecule has 0 spiro atoms. The summed E-state index contributed by atoms with van der Waals surface area (Å²) in [6.07, 6.45) is 5.32. The highest BCUT2D eigenvalue weighted by Crippen LogP contribution is 2.33. The molecule has 0 aliphatic carbocycles. The number of rotatable bonds is 8. The molecule has 0 amide bonds. The van der Waals surface area contributed by atoms with Gasteiger partial charge in [-0.05, 0) is 42.4 Å². The Bertz CT molecular complexity index is 632. The molecule has 1 unspecified atom stereocenters. The van der Waals surface area contributed by atoms with Crippen molar-refractivity contribution < 1.29 is 18.3 Å². The van der Waals surface area contributed by atoms with Crippen LogP contribution in [0.2, 0.25) is 0 Å². The van der Waals surface area contributed by atoms with Gasteiger partial charge in [-0.15, -0.1) is 0 Å². The third-order valence-corrected chi connectivity index (χ3v) is 5.11. The molecule has 1 aromatic carbocycles. The van der Waals surface area contributed by atoms with Crippen LogP contribution in [0.5, 0.6) is 0 Å². The van der Waals surface area contributed by atoms with Gasteiger partial charge in [-0.3, -0.25) is 0 Å². The standard InChI is InChI=1S/C17H26O4S/c1-5-8-12(7-3)14-10-13(9-6-2)15(17(18)19)11-16(14)22(4,20)21/h10-12H,5-9H2,1-4H3,(H,18,19). The summed E-state index contributed by atoms with van der Waals surface area (Å²) in [5.41, 5.74) is 1.62. The third-order valence-electron chi connectivity index (χ3n) is 3.95. The van der Waals surface area contributed by atoms with E-state index in [0.717, 1.165) is 43.1 Å². The Morgan fingerprint density at radius 1 is 1.18 bits per heavy atom. The number of aromatic carboxylic acids is 1. The van der Waals surface area contributed by atoms with Crippen LogP contribution in [0.1, 0.15) is 73.9 Å². The molecule has 0 heterocycles. The molecular formula is C17H26O4S. The number of hydrogen-bond acceptors (Lipinski definition) is 3. The van der Waals surface area contributed by atoms with E-state index in [1.54, 1.807) is 0 Å². The lowest BCUT2D eigenvalue weighted by Crippen LogP contribution is -2.12. The summed E-state index contributed by atoms with van der Waals surface area (Å²) < 4.78 is 24.3. The maximum atomic E-state index is 12.1. The lowest BCUT2D eigenvalue weighted by atomic mass is 9.88. The molecule has 0 fully saturated rings. The number of sulfone groups is 1. The quantitative estimate of drug-likeness (QED) is 0.782. The Hall–Kier alpha value is -1.36. The minimum Gasteiger partial charge on any atom is -0.478 e. The van der Waals surface area contributed by atoms with Crippen molar-refractivity contribution in [2.45, 2.75) is 63.7 Å². The van der Waals surface area contributed by atoms with Crippen LogP contribution in [0.4, 0.5) is 0 Å². The second-order valence-corrected chi connectivity index (χ2v) is 7.75. The van der Waals surface area contributed by atoms with Crippen molar-refractivity contribution in [1.82, 2.24) is 0 Å². The maximum absolute atomic E-state index is 12.1. The first-order chi connectivity index (χ1) is 10.3. The largest absolute Gasteiger partial charge is 0.478 e. The van der Waals surface area contributed by atoms with Crippen LogP contribution in [-0.4, -0.2) is 25.7 Å². The van der Waals surface area contributed by atoms with Gasteiger partial charge in [0.2, 0.25) is 0 Å². The van der Waals surface area contributed by atoms with Crippen molar-refractivity contribution >= 4 is 15.8 Å². The van der Waals surface area contributed by atoms with Gasteiger partial charge < -0.3 is 5.11 Å². The van der Waals surface area contributed by atoms with Crippen molar-refractivity contribution in [3.8, 4) is 0 Å². The molecule has 0 aliphatic rings. The van der Waals surface area contributed by atoms with Crippen molar-refractivity contribution in [3.05, 3.63) is 28.8 Å². The highest BCUT2D eigenvalue weighted by molar-refractivity contribution is 7.90. The second-order valence-electron chi connectivity index (χ2n) is 5.77. The van der Waals surface area contributed by atoms with Crippen LogP contribution < -0.4 is 0 Å². The minimum atomic E-state index is -3.46. The van der Waals surface area contributed by atoms with E-state index < -0.39 is 15.8 Å². The summed E-state index contributed by atoms with van der Waals surface area (Å²) in [6.45, 7) is 6.09. The summed E-state index contributed by atoms with van der Waals surface area (Å²) in [5.74, 6) is -0.920. The lowest BCUT2D eigenvalue weighted by molar-refractivity contribution is 0.0695. The van der Waals surface area contributed by atoms with Gasteiger partial charge in [-0.25, -0.2) is 13.2 Å². The molecule has 0 radical (unpaired) electrons. The zero-order valence-corrected chi connectivity index (χ0v) is 14.7. The van der Waals surface area contributed by atoms with Crippen molar-refractivity contribution in [2.24, 2.45) is 0 Å². The fourth-order valence-electron chi connectivity index (χ4n) is 2.89. The molecule has 22 heavy (non-hydrogen) atoms. The molecule has 5 heteroatoms. The smallest absolute Gasteiger partial charge is 0.336 e. The lowest BCUT2D eigenvalue weighted by Gasteiger charge is -2.20. The average Bonchev–Trinajstić information content (AvgIpc) is 2.43. The molecular weight excluding hydrogens is 300 g/mol. The topological polar surface area (TPSA) is 71.4 Å². The van der Waals surface area contributed by atoms with E-state index in [1.165, 1.54) is 6.07 Å². The fraction of sp³-hybridized carbons (Fsp3) is 0.588. The van der Waals surface area contributed by atoms with Crippen LogP contribution in [0.15, 0.2) is 17.0 Å². The monoisotopic (exact) mass is 326 g/mol. The molecule has 1 N–H and O–H groups in total. The molecule has 0 aliphatic heterocycles. The number of benzene rings is 1. The predicted octanol–water partition coefficient (Wildman–Crippen LogP) is 4.03. The zero-order chi connectivity index (χ0) is 16.9. The first kappa shape index (κ1) is 18.7. The van der Waals surface area contributed by atoms with Gasteiger partial charge >= 0.3 is 5.97 Å². The van der Waals surface area contributed by atoms with E-state index in [0.29, 0.717) is 6.42 Å². The Morgan fingerprint density at radius 3 is 2.23 bits per heavy atom. The van der Waals surface area contributed by atoms with Gasteiger partial charge in [-0.2, -0.15) is 0 Å². The Balaban J connectivity index is 3.64. The van der Waals surface area contributed by atoms with E-state index in [1.807, 2.05) is 19.9 Å². The molecule has 1 aromatic rings. The predicted molar refractivity (Wildman–Crippen MR) is 88.4 cm³/mol. The van der Waals surface area contributed by atoms with Gasteiger partial charge in [0.05, 0.1) is 10.5 Å². The van der Waals surface area contributed by atoms with Gasteiger partial charge in [0.15, 0.2) is 9.84 Å². The summed E-state index contributed by atoms with van der Waals surface area (Å²) in [5, 5.41) is 9.38. The maximum Gasteiger partial charge on any atom is 0.336 e. The van der Waals surface area contributed by atoms with E-state index in [4.69, 9.17) is 0 Å². The molecule has 0 aromatic heterocycles. The zero-order valence-electron chi connectivity index (χ0n) is 13.8. The van der Waals surface area contributed by atoms with Crippen LogP contribution in [-0.2, 0) is 16.3 Å². The number of carboxylic acids is 1. The van der Waals surface area contributed by atoms with Gasteiger partial charge in [0.25, 0.3) is 0 Å². The first-order valence-electron chi connectivity index (χ1n) is 7.86. The average molecular weight is 326 g/mol. The van der Waals surface area contributed by atoms with Gasteiger partial charge in [0.1, 0.15) is 0 Å². The van der Waals surface area contributed by atoms with Crippen LogP contribution in [0.3, 0.4) is 0 Å². The van der Waals surface area contributed by atoms with E-state index in [-0.39, 0.29) is 16.4 Å². The Morgan fingerprint density at radius 2 is 1.82 bits per heavy atom. The van der Waals surface area contributed by atoms with Crippen molar-refractivity contribution in [3.63, 3.8) is 0 Å². The van der Waals surface area contributed by atoms with E-state index >= 15 is 0 Å². The summed E-state index contributed by atoms with van der Waals surface area (Å²) in [6, 6.07) is 3.17. The first-order valence-corrected chi connectivity index (χ1v) is 9.75. The van der Waals surface area contributed by atoms with Crippen LogP contribution >= 0.6 is 0 Å². The van der Waals surface area contributed by atoms with Gasteiger partial charge in [-0.1, -0.05) is 39.7 Å². The molecule has 0 bridgehead atoms.